The fourth-order valence-electron chi connectivity index (χ4n) is 2.29. The Morgan fingerprint density at radius 1 is 1.27 bits per heavy atom. The monoisotopic (exact) mass is 295 g/mol. The van der Waals surface area contributed by atoms with Gasteiger partial charge in [-0.15, -0.1) is 0 Å². The first-order valence-electron chi connectivity index (χ1n) is 7.08. The minimum Gasteiger partial charge on any atom is -0.389 e. The van der Waals surface area contributed by atoms with Crippen molar-refractivity contribution < 1.29 is 9.90 Å². The SMILES string of the molecule is Cc1ccc([C@H](C)O)cc1NC(=O)c1ccn2nccc2c1. The van der Waals surface area contributed by atoms with E-state index in [0.717, 1.165) is 16.6 Å². The lowest BCUT2D eigenvalue weighted by Crippen LogP contribution is -2.13. The summed E-state index contributed by atoms with van der Waals surface area (Å²) in [6, 6.07) is 10.9. The van der Waals surface area contributed by atoms with Crippen LogP contribution in [0.5, 0.6) is 0 Å². The Bertz CT molecular complexity index is 837. The molecule has 0 aliphatic rings. The molecule has 3 rings (SSSR count). The Morgan fingerprint density at radius 2 is 2.09 bits per heavy atom. The number of nitrogens with zero attached hydrogens (tertiary/aromatic N) is 2. The first kappa shape index (κ1) is 14.3. The van der Waals surface area contributed by atoms with Gasteiger partial charge in [0.25, 0.3) is 5.91 Å². The lowest BCUT2D eigenvalue weighted by atomic mass is 10.1. The van der Waals surface area contributed by atoms with Crippen LogP contribution in [-0.2, 0) is 0 Å². The van der Waals surface area contributed by atoms with Gasteiger partial charge in [-0.2, -0.15) is 5.10 Å². The Labute approximate surface area is 128 Å². The van der Waals surface area contributed by atoms with E-state index in [1.807, 2.05) is 25.1 Å². The zero-order chi connectivity index (χ0) is 15.7. The van der Waals surface area contributed by atoms with E-state index in [2.05, 4.69) is 10.4 Å². The number of nitrogens with one attached hydrogen (secondary N) is 1. The Balaban J connectivity index is 1.88. The smallest absolute Gasteiger partial charge is 0.255 e. The molecule has 1 amide bonds. The molecule has 2 N–H and O–H groups in total. The molecule has 5 heteroatoms. The minimum atomic E-state index is -0.570. The molecular weight excluding hydrogens is 278 g/mol. The number of rotatable bonds is 3. The van der Waals surface area contributed by atoms with Crippen LogP contribution in [0.15, 0.2) is 48.8 Å². The minimum absolute atomic E-state index is 0.186. The summed E-state index contributed by atoms with van der Waals surface area (Å²) in [5.41, 5.74) is 3.85. The fourth-order valence-corrected chi connectivity index (χ4v) is 2.29. The van der Waals surface area contributed by atoms with Crippen LogP contribution in [0, 0.1) is 6.92 Å². The molecule has 2 aromatic heterocycles. The van der Waals surface area contributed by atoms with Crippen molar-refractivity contribution in [2.75, 3.05) is 5.32 Å². The maximum Gasteiger partial charge on any atom is 0.255 e. The van der Waals surface area contributed by atoms with Crippen LogP contribution in [0.1, 0.15) is 34.5 Å². The van der Waals surface area contributed by atoms with E-state index in [4.69, 9.17) is 0 Å². The molecule has 0 unspecified atom stereocenters. The maximum absolute atomic E-state index is 12.4. The second kappa shape index (κ2) is 5.61. The van der Waals surface area contributed by atoms with Gasteiger partial charge in [-0.05, 0) is 49.2 Å². The summed E-state index contributed by atoms with van der Waals surface area (Å²) in [5.74, 6) is -0.186. The fraction of sp³-hybridized carbons (Fsp3) is 0.176. The number of aliphatic hydroxyl groups excluding tert-OH is 1. The molecule has 0 aliphatic heterocycles. The number of amides is 1. The van der Waals surface area contributed by atoms with Gasteiger partial charge in [0, 0.05) is 23.6 Å². The number of carbonyl (C=O) groups excluding carboxylic acids is 1. The van der Waals surface area contributed by atoms with Gasteiger partial charge in [0.1, 0.15) is 0 Å². The second-order valence-electron chi connectivity index (χ2n) is 5.32. The second-order valence-corrected chi connectivity index (χ2v) is 5.32. The van der Waals surface area contributed by atoms with Crippen molar-refractivity contribution in [3.05, 3.63) is 65.5 Å². The van der Waals surface area contributed by atoms with Crippen LogP contribution < -0.4 is 5.32 Å². The van der Waals surface area contributed by atoms with E-state index in [1.165, 1.54) is 0 Å². The van der Waals surface area contributed by atoms with Crippen LogP contribution >= 0.6 is 0 Å². The zero-order valence-corrected chi connectivity index (χ0v) is 12.4. The molecule has 5 nitrogen and oxygen atoms in total. The van der Waals surface area contributed by atoms with Crippen molar-refractivity contribution in [2.24, 2.45) is 0 Å². The topological polar surface area (TPSA) is 66.6 Å². The number of carbonyl (C=O) groups is 1. The molecular formula is C17H17N3O2. The van der Waals surface area contributed by atoms with Gasteiger partial charge in [-0.3, -0.25) is 4.79 Å². The van der Waals surface area contributed by atoms with Gasteiger partial charge in [0.05, 0.1) is 11.6 Å². The number of fused-ring (bicyclic) bond motifs is 1. The van der Waals surface area contributed by atoms with E-state index in [-0.39, 0.29) is 5.91 Å². The van der Waals surface area contributed by atoms with Gasteiger partial charge >= 0.3 is 0 Å². The highest BCUT2D eigenvalue weighted by atomic mass is 16.3. The lowest BCUT2D eigenvalue weighted by molar-refractivity contribution is 0.102. The summed E-state index contributed by atoms with van der Waals surface area (Å²) in [5, 5.41) is 16.7. The van der Waals surface area contributed by atoms with Crippen molar-refractivity contribution in [2.45, 2.75) is 20.0 Å². The molecule has 0 bridgehead atoms. The van der Waals surface area contributed by atoms with Crippen LogP contribution in [0.4, 0.5) is 5.69 Å². The number of hydrogen-bond donors (Lipinski definition) is 2. The van der Waals surface area contributed by atoms with Crippen molar-refractivity contribution in [3.63, 3.8) is 0 Å². The molecule has 1 atom stereocenters. The van der Waals surface area contributed by atoms with Crippen molar-refractivity contribution in [1.29, 1.82) is 0 Å². The molecule has 2 heterocycles. The number of aryl methyl sites for hydroxylation is 1. The van der Waals surface area contributed by atoms with Crippen molar-refractivity contribution >= 4 is 17.1 Å². The molecule has 112 valence electrons. The molecule has 3 aromatic rings. The Hall–Kier alpha value is -2.66. The third-order valence-electron chi connectivity index (χ3n) is 3.65. The van der Waals surface area contributed by atoms with Crippen LogP contribution in [0.2, 0.25) is 0 Å². The predicted molar refractivity (Wildman–Crippen MR) is 85.0 cm³/mol. The molecule has 22 heavy (non-hydrogen) atoms. The quantitative estimate of drug-likeness (QED) is 0.780. The summed E-state index contributed by atoms with van der Waals surface area (Å²) >= 11 is 0. The lowest BCUT2D eigenvalue weighted by Gasteiger charge is -2.12. The van der Waals surface area contributed by atoms with Crippen LogP contribution in [-0.4, -0.2) is 20.6 Å². The van der Waals surface area contributed by atoms with E-state index >= 15 is 0 Å². The third kappa shape index (κ3) is 2.71. The first-order chi connectivity index (χ1) is 10.5. The number of benzene rings is 1. The molecule has 0 spiro atoms. The van der Waals surface area contributed by atoms with E-state index in [9.17, 15) is 9.90 Å². The van der Waals surface area contributed by atoms with Crippen molar-refractivity contribution in [1.82, 2.24) is 9.61 Å². The van der Waals surface area contributed by atoms with Gasteiger partial charge in [-0.25, -0.2) is 4.52 Å². The molecule has 1 aromatic carbocycles. The van der Waals surface area contributed by atoms with Crippen molar-refractivity contribution in [3.8, 4) is 0 Å². The van der Waals surface area contributed by atoms with Gasteiger partial charge in [-0.1, -0.05) is 12.1 Å². The van der Waals surface area contributed by atoms with Gasteiger partial charge in [0.2, 0.25) is 0 Å². The molecule has 0 saturated heterocycles. The number of anilines is 1. The number of aromatic nitrogens is 2. The molecule has 0 radical (unpaired) electrons. The average Bonchev–Trinajstić information content (AvgIpc) is 2.96. The number of aliphatic hydroxyl groups is 1. The summed E-state index contributed by atoms with van der Waals surface area (Å²) < 4.78 is 1.70. The Morgan fingerprint density at radius 3 is 2.86 bits per heavy atom. The van der Waals surface area contributed by atoms with E-state index in [1.54, 1.807) is 42.0 Å². The third-order valence-corrected chi connectivity index (χ3v) is 3.65. The predicted octanol–water partition coefficient (Wildman–Crippen LogP) is 2.95. The largest absolute Gasteiger partial charge is 0.389 e. The molecule has 0 aliphatic carbocycles. The number of pyridine rings is 1. The summed E-state index contributed by atoms with van der Waals surface area (Å²) in [6.45, 7) is 3.62. The molecule has 0 saturated carbocycles. The van der Waals surface area contributed by atoms with E-state index < -0.39 is 6.10 Å². The maximum atomic E-state index is 12.4. The normalized spacial score (nSPS) is 12.3. The van der Waals surface area contributed by atoms with E-state index in [0.29, 0.717) is 11.3 Å². The first-order valence-corrected chi connectivity index (χ1v) is 7.08. The average molecular weight is 295 g/mol. The van der Waals surface area contributed by atoms with Gasteiger partial charge in [0.15, 0.2) is 0 Å². The van der Waals surface area contributed by atoms with Crippen LogP contribution in [0.3, 0.4) is 0 Å². The zero-order valence-electron chi connectivity index (χ0n) is 12.4. The molecule has 0 fully saturated rings. The number of hydrogen-bond acceptors (Lipinski definition) is 3. The summed E-state index contributed by atoms with van der Waals surface area (Å²) in [7, 11) is 0. The summed E-state index contributed by atoms with van der Waals surface area (Å²) in [6.07, 6.45) is 2.87. The van der Waals surface area contributed by atoms with Crippen LogP contribution in [0.25, 0.3) is 5.52 Å². The standard InChI is InChI=1S/C17H17N3O2/c1-11-3-4-13(12(2)21)10-16(11)19-17(22)14-6-8-20-15(9-14)5-7-18-20/h3-10,12,21H,1-2H3,(H,19,22)/t12-/m0/s1. The summed E-state index contributed by atoms with van der Waals surface area (Å²) in [4.78, 5) is 12.4. The Kier molecular flexibility index (Phi) is 3.65. The van der Waals surface area contributed by atoms with Gasteiger partial charge < -0.3 is 10.4 Å². The highest BCUT2D eigenvalue weighted by Crippen LogP contribution is 2.22. The highest BCUT2D eigenvalue weighted by molar-refractivity contribution is 6.05. The highest BCUT2D eigenvalue weighted by Gasteiger charge is 2.10.